The zero-order valence-corrected chi connectivity index (χ0v) is 28.3. The molecule has 8 heteroatoms. The number of nitrogens with one attached hydrogen (secondary N) is 1. The molecule has 43 heavy (non-hydrogen) atoms. The summed E-state index contributed by atoms with van der Waals surface area (Å²) in [5.41, 5.74) is 5.81. The van der Waals surface area contributed by atoms with E-state index in [0.29, 0.717) is 30.2 Å². The maximum atomic E-state index is 12.4. The number of methoxy groups -OCH3 is 1. The monoisotopic (exact) mass is 604 g/mol. The molecule has 3 unspecified atom stereocenters. The highest BCUT2D eigenvalue weighted by Gasteiger charge is 2.83. The zero-order chi connectivity index (χ0) is 31.8. The maximum absolute atomic E-state index is 12.4. The van der Waals surface area contributed by atoms with E-state index in [2.05, 4.69) is 53.8 Å². The van der Waals surface area contributed by atoms with Crippen LogP contribution in [0.1, 0.15) is 113 Å². The van der Waals surface area contributed by atoms with Gasteiger partial charge in [-0.05, 0) is 111 Å². The second-order valence-electron chi connectivity index (χ2n) is 16.6. The van der Waals surface area contributed by atoms with Crippen LogP contribution in [0.4, 0.5) is 9.59 Å². The minimum atomic E-state index is -0.658. The van der Waals surface area contributed by atoms with Gasteiger partial charge in [-0.1, -0.05) is 48.5 Å². The number of primary amides is 1. The fourth-order valence-electron chi connectivity index (χ4n) is 12.5. The first-order chi connectivity index (χ1) is 20.1. The number of hydrogen-bond acceptors (Lipinski definition) is 6. The number of ether oxygens (including phenoxy) is 3. The third-order valence-electron chi connectivity index (χ3n) is 14.6. The van der Waals surface area contributed by atoms with E-state index in [1.54, 1.807) is 7.11 Å². The fraction of sp³-hybridized carbons (Fsp3) is 0.943. The third kappa shape index (κ3) is 4.65. The van der Waals surface area contributed by atoms with Crippen LogP contribution in [-0.2, 0) is 14.2 Å². The smallest absolute Gasteiger partial charge is 0.407 e. The van der Waals surface area contributed by atoms with Crippen molar-refractivity contribution in [2.45, 2.75) is 138 Å². The van der Waals surface area contributed by atoms with Gasteiger partial charge in [0.2, 0.25) is 0 Å². The van der Waals surface area contributed by atoms with Crippen molar-refractivity contribution in [1.29, 1.82) is 0 Å². The van der Waals surface area contributed by atoms with Gasteiger partial charge >= 0.3 is 12.2 Å². The molecule has 2 amide bonds. The largest absolute Gasteiger partial charge is 0.446 e. The van der Waals surface area contributed by atoms with E-state index in [4.69, 9.17) is 19.9 Å². The number of fused-ring (bicyclic) bond motifs is 2. The molecule has 12 atom stereocenters. The van der Waals surface area contributed by atoms with E-state index in [1.165, 1.54) is 12.8 Å². The summed E-state index contributed by atoms with van der Waals surface area (Å²) in [6.07, 6.45) is 7.37. The first-order valence-corrected chi connectivity index (χ1v) is 17.2. The van der Waals surface area contributed by atoms with Gasteiger partial charge in [-0.3, -0.25) is 0 Å². The van der Waals surface area contributed by atoms with Crippen LogP contribution in [0.2, 0.25) is 0 Å². The molecule has 246 valence electrons. The summed E-state index contributed by atoms with van der Waals surface area (Å²) in [6.45, 7) is 18.4. The zero-order valence-electron chi connectivity index (χ0n) is 28.3. The average Bonchev–Trinajstić information content (AvgIpc) is 3.54. The van der Waals surface area contributed by atoms with E-state index in [9.17, 15) is 14.7 Å². The molecule has 0 saturated heterocycles. The van der Waals surface area contributed by atoms with Gasteiger partial charge in [0.1, 0.15) is 12.2 Å². The fourth-order valence-corrected chi connectivity index (χ4v) is 12.5. The van der Waals surface area contributed by atoms with E-state index in [-0.39, 0.29) is 57.4 Å². The van der Waals surface area contributed by atoms with Crippen molar-refractivity contribution in [2.75, 3.05) is 13.7 Å². The van der Waals surface area contributed by atoms with E-state index < -0.39 is 12.2 Å². The first kappa shape index (κ1) is 32.8. The number of hydrogen-bond donors (Lipinski definition) is 3. The summed E-state index contributed by atoms with van der Waals surface area (Å²) in [7, 11) is 1.73. The van der Waals surface area contributed by atoms with E-state index in [0.717, 1.165) is 44.9 Å². The van der Waals surface area contributed by atoms with Gasteiger partial charge in [0, 0.05) is 24.5 Å². The van der Waals surface area contributed by atoms with Crippen LogP contribution >= 0.6 is 0 Å². The normalized spacial score (nSPS) is 44.6. The number of nitrogens with two attached hydrogens (primary N) is 1. The van der Waals surface area contributed by atoms with Crippen LogP contribution in [0.5, 0.6) is 0 Å². The van der Waals surface area contributed by atoms with Gasteiger partial charge in [0.15, 0.2) is 0 Å². The topological polar surface area (TPSA) is 120 Å². The number of amides is 2. The highest BCUT2D eigenvalue weighted by atomic mass is 16.6. The van der Waals surface area contributed by atoms with Crippen molar-refractivity contribution in [3.05, 3.63) is 0 Å². The summed E-state index contributed by atoms with van der Waals surface area (Å²) in [5.74, 6) is 1.80. The molecule has 5 saturated carbocycles. The third-order valence-corrected chi connectivity index (χ3v) is 14.6. The number of alkyl carbamates (subject to hydrolysis) is 1. The van der Waals surface area contributed by atoms with Gasteiger partial charge in [-0.2, -0.15) is 0 Å². The minimum absolute atomic E-state index is 0.0201. The van der Waals surface area contributed by atoms with Crippen LogP contribution < -0.4 is 11.1 Å². The van der Waals surface area contributed by atoms with Crippen LogP contribution in [0, 0.1) is 56.7 Å². The number of aliphatic hydroxyl groups excluding tert-OH is 1. The Bertz CT molecular complexity index is 1080. The van der Waals surface area contributed by atoms with Crippen molar-refractivity contribution < 1.29 is 28.9 Å². The summed E-state index contributed by atoms with van der Waals surface area (Å²) in [5, 5.41) is 14.8. The van der Waals surface area contributed by atoms with Gasteiger partial charge in [-0.15, -0.1) is 0 Å². The van der Waals surface area contributed by atoms with Crippen LogP contribution in [0.3, 0.4) is 0 Å². The Labute approximate surface area is 259 Å². The van der Waals surface area contributed by atoms with E-state index >= 15 is 0 Å². The molecule has 0 aromatic rings. The second-order valence-corrected chi connectivity index (χ2v) is 16.6. The summed E-state index contributed by atoms with van der Waals surface area (Å²) in [4.78, 5) is 24.1. The molecule has 4 N–H and O–H groups in total. The lowest BCUT2D eigenvalue weighted by Crippen LogP contribution is -2.60. The SMILES string of the molecule is CCNC(=O)O[C@H](C(C)C)C(C[C@@H](C)[C@H]1C[C@H](O)[C@@]2(C)C3CC[C@H]4C(C)(C)[C@@H](OC(N)=O)CC[C@@]45CC35CC[C@]12C)OC. The highest BCUT2D eigenvalue weighted by Crippen LogP contribution is 2.89. The Balaban J connectivity index is 1.37. The molecule has 0 heterocycles. The second kappa shape index (κ2) is 11.1. The quantitative estimate of drug-likeness (QED) is 0.270. The standard InChI is InChI=1S/C35H60N2O6/c1-10-37-30(40)43-28(20(2)3)23(41-9)17-21(4)22-18-26(38)33(8)25-12-11-24-31(5,6)27(42-29(36)39)13-14-34(24)19-35(25,34)16-15-32(22,33)7/h20-28,38H,10-19H2,1-9H3,(H2,36,39)(H,37,40)/t21-,22-,23?,24+,25?,26+,27+,28-,32-,33-,34-,35?/m1/s1. The average molecular weight is 605 g/mol. The lowest BCUT2D eigenvalue weighted by atomic mass is 9.41. The lowest BCUT2D eigenvalue weighted by Gasteiger charge is -2.63. The summed E-state index contributed by atoms with van der Waals surface area (Å²) < 4.78 is 17.6. The van der Waals surface area contributed by atoms with Gasteiger partial charge in [0.25, 0.3) is 0 Å². The molecule has 5 rings (SSSR count). The predicted octanol–water partition coefficient (Wildman–Crippen LogP) is 6.67. The van der Waals surface area contributed by atoms with Gasteiger partial charge < -0.3 is 30.4 Å². The number of carbonyl (C=O) groups excluding carboxylic acids is 2. The Kier molecular flexibility index (Phi) is 8.45. The van der Waals surface area contributed by atoms with Crippen molar-refractivity contribution in [3.63, 3.8) is 0 Å². The van der Waals surface area contributed by atoms with Crippen molar-refractivity contribution >= 4 is 12.2 Å². The number of carbonyl (C=O) groups is 2. The van der Waals surface area contributed by atoms with Crippen LogP contribution in [0.25, 0.3) is 0 Å². The van der Waals surface area contributed by atoms with Crippen molar-refractivity contribution in [3.8, 4) is 0 Å². The Hall–Kier alpha value is -1.54. The molecule has 8 nitrogen and oxygen atoms in total. The molecule has 0 aliphatic heterocycles. The molecule has 0 radical (unpaired) electrons. The summed E-state index contributed by atoms with van der Waals surface area (Å²) >= 11 is 0. The molecule has 0 bridgehead atoms. The van der Waals surface area contributed by atoms with Crippen molar-refractivity contribution in [1.82, 2.24) is 5.32 Å². The van der Waals surface area contributed by atoms with Crippen LogP contribution in [0.15, 0.2) is 0 Å². The van der Waals surface area contributed by atoms with Gasteiger partial charge in [-0.25, -0.2) is 9.59 Å². The van der Waals surface area contributed by atoms with Crippen molar-refractivity contribution in [2.24, 2.45) is 62.4 Å². The molecule has 2 spiro atoms. The highest BCUT2D eigenvalue weighted by molar-refractivity contribution is 5.67. The Morgan fingerprint density at radius 1 is 1.00 bits per heavy atom. The molecule has 0 aromatic carbocycles. The molecular weight excluding hydrogens is 544 g/mol. The first-order valence-electron chi connectivity index (χ1n) is 17.2. The maximum Gasteiger partial charge on any atom is 0.407 e. The lowest BCUT2D eigenvalue weighted by molar-refractivity contribution is -0.182. The molecule has 5 fully saturated rings. The predicted molar refractivity (Wildman–Crippen MR) is 166 cm³/mol. The molecule has 5 aliphatic rings. The minimum Gasteiger partial charge on any atom is -0.446 e. The number of rotatable bonds is 9. The summed E-state index contributed by atoms with van der Waals surface area (Å²) in [6, 6.07) is 0. The molecule has 0 aromatic heterocycles. The number of aliphatic hydroxyl groups is 1. The molecular formula is C35H60N2O6. The van der Waals surface area contributed by atoms with Gasteiger partial charge in [0.05, 0.1) is 12.2 Å². The van der Waals surface area contributed by atoms with Crippen LogP contribution in [-0.4, -0.2) is 55.4 Å². The van der Waals surface area contributed by atoms with E-state index in [1.807, 2.05) is 6.92 Å². The Morgan fingerprint density at radius 3 is 2.26 bits per heavy atom. The molecule has 5 aliphatic carbocycles. The Morgan fingerprint density at radius 2 is 1.65 bits per heavy atom.